The van der Waals surface area contributed by atoms with Gasteiger partial charge in [0.1, 0.15) is 11.4 Å². The van der Waals surface area contributed by atoms with Crippen LogP contribution in [0.5, 0.6) is 5.75 Å². The number of rotatable bonds is 9. The molecule has 0 fully saturated rings. The predicted molar refractivity (Wildman–Crippen MR) is 145 cm³/mol. The van der Waals surface area contributed by atoms with Crippen LogP contribution in [0, 0.1) is 6.92 Å². The number of aryl methyl sites for hydroxylation is 2. The summed E-state index contributed by atoms with van der Waals surface area (Å²) in [6.45, 7) is 6.57. The van der Waals surface area contributed by atoms with E-state index in [2.05, 4.69) is 70.9 Å². The van der Waals surface area contributed by atoms with Gasteiger partial charge in [-0.2, -0.15) is 0 Å². The third-order valence-electron chi connectivity index (χ3n) is 6.50. The maximum atomic E-state index is 13.2. The molecule has 1 amide bonds. The van der Waals surface area contributed by atoms with Gasteiger partial charge in [0.05, 0.1) is 12.1 Å². The molecule has 0 bridgehead atoms. The lowest BCUT2D eigenvalue weighted by atomic mass is 10.00. The van der Waals surface area contributed by atoms with E-state index in [0.29, 0.717) is 12.3 Å². The zero-order valence-corrected chi connectivity index (χ0v) is 22.0. The van der Waals surface area contributed by atoms with Gasteiger partial charge in [0.15, 0.2) is 0 Å². The molecule has 4 aromatic rings. The number of carbonyl (C=O) groups is 1. The molecule has 35 heavy (non-hydrogen) atoms. The molecule has 2 aromatic heterocycles. The van der Waals surface area contributed by atoms with E-state index >= 15 is 0 Å². The molecule has 7 heteroatoms. The van der Waals surface area contributed by atoms with E-state index in [4.69, 9.17) is 4.74 Å². The molecule has 4 rings (SSSR count). The molecule has 2 heterocycles. The number of aromatic nitrogens is 2. The molecule has 0 spiro atoms. The van der Waals surface area contributed by atoms with Crippen molar-refractivity contribution in [1.82, 2.24) is 24.7 Å². The summed E-state index contributed by atoms with van der Waals surface area (Å²) in [7, 11) is 10.2. The minimum atomic E-state index is -0.145. The Bertz CT molecular complexity index is 1370. The molecule has 7 nitrogen and oxygen atoms in total. The van der Waals surface area contributed by atoms with E-state index in [1.54, 1.807) is 6.20 Å². The minimum Gasteiger partial charge on any atom is -0.494 e. The van der Waals surface area contributed by atoms with Crippen LogP contribution in [0.15, 0.2) is 36.5 Å². The van der Waals surface area contributed by atoms with E-state index in [-0.39, 0.29) is 11.9 Å². The molecular weight excluding hydrogens is 438 g/mol. The third kappa shape index (κ3) is 5.11. The summed E-state index contributed by atoms with van der Waals surface area (Å²) in [6.07, 6.45) is 2.70. The van der Waals surface area contributed by atoms with Crippen molar-refractivity contribution in [2.24, 2.45) is 7.05 Å². The van der Waals surface area contributed by atoms with Gasteiger partial charge in [0.2, 0.25) is 0 Å². The highest BCUT2D eigenvalue weighted by Gasteiger charge is 2.19. The first-order chi connectivity index (χ1) is 16.7. The van der Waals surface area contributed by atoms with Crippen molar-refractivity contribution in [1.29, 1.82) is 0 Å². The third-order valence-corrected chi connectivity index (χ3v) is 6.50. The predicted octanol–water partition coefficient (Wildman–Crippen LogP) is 4.20. The van der Waals surface area contributed by atoms with Gasteiger partial charge >= 0.3 is 0 Å². The molecule has 0 radical (unpaired) electrons. The number of nitrogens with one attached hydrogen (secondary N) is 1. The van der Waals surface area contributed by atoms with Crippen molar-refractivity contribution in [2.45, 2.75) is 26.3 Å². The van der Waals surface area contributed by atoms with Crippen LogP contribution >= 0.6 is 0 Å². The van der Waals surface area contributed by atoms with Gasteiger partial charge in [-0.3, -0.25) is 9.78 Å². The molecular formula is C28H37N5O2. The number of carbonyl (C=O) groups excluding carboxylic acids is 1. The SMILES string of the molecule is Cc1c2ccnc(C(=O)N[C@H](C)CN(C)C)c2cc2c3cc(OCCCN(C)C)ccc3n(C)c12. The highest BCUT2D eigenvalue weighted by atomic mass is 16.5. The molecule has 0 saturated heterocycles. The number of benzene rings is 2. The van der Waals surface area contributed by atoms with Gasteiger partial charge in [-0.05, 0) is 89.7 Å². The second kappa shape index (κ2) is 10.2. The zero-order valence-electron chi connectivity index (χ0n) is 22.0. The molecule has 0 aliphatic heterocycles. The van der Waals surface area contributed by atoms with E-state index in [0.717, 1.165) is 63.4 Å². The number of ether oxygens (including phenoxy) is 1. The van der Waals surface area contributed by atoms with Crippen molar-refractivity contribution in [3.63, 3.8) is 0 Å². The lowest BCUT2D eigenvalue weighted by molar-refractivity contribution is 0.0931. The monoisotopic (exact) mass is 475 g/mol. The number of nitrogens with zero attached hydrogens (tertiary/aromatic N) is 4. The summed E-state index contributed by atoms with van der Waals surface area (Å²) in [6, 6.07) is 10.4. The quantitative estimate of drug-likeness (QED) is 0.368. The Hall–Kier alpha value is -3.16. The van der Waals surface area contributed by atoms with Gasteiger partial charge < -0.3 is 24.4 Å². The molecule has 1 atom stereocenters. The van der Waals surface area contributed by atoms with E-state index in [1.165, 1.54) is 0 Å². The maximum Gasteiger partial charge on any atom is 0.270 e. The van der Waals surface area contributed by atoms with Crippen LogP contribution in [0.25, 0.3) is 32.6 Å². The summed E-state index contributed by atoms with van der Waals surface area (Å²) in [5.41, 5.74) is 3.90. The Labute approximate surface area is 207 Å². The van der Waals surface area contributed by atoms with Crippen LogP contribution in [-0.4, -0.2) is 79.2 Å². The molecule has 0 aliphatic rings. The Morgan fingerprint density at radius 3 is 2.54 bits per heavy atom. The topological polar surface area (TPSA) is 62.6 Å². The molecule has 0 aliphatic carbocycles. The smallest absolute Gasteiger partial charge is 0.270 e. The summed E-state index contributed by atoms with van der Waals surface area (Å²) in [5.74, 6) is 0.719. The van der Waals surface area contributed by atoms with Crippen molar-refractivity contribution in [3.05, 3.63) is 47.8 Å². The van der Waals surface area contributed by atoms with Crippen molar-refractivity contribution < 1.29 is 9.53 Å². The number of fused-ring (bicyclic) bond motifs is 4. The van der Waals surface area contributed by atoms with Gasteiger partial charge in [-0.15, -0.1) is 0 Å². The molecule has 0 saturated carbocycles. The van der Waals surface area contributed by atoms with Gasteiger partial charge in [-0.25, -0.2) is 0 Å². The van der Waals surface area contributed by atoms with Crippen molar-refractivity contribution in [2.75, 3.05) is 47.9 Å². The largest absolute Gasteiger partial charge is 0.494 e. The van der Waals surface area contributed by atoms with Crippen LogP contribution in [0.3, 0.4) is 0 Å². The fourth-order valence-electron chi connectivity index (χ4n) is 5.00. The van der Waals surface area contributed by atoms with Gasteiger partial charge in [-0.1, -0.05) is 0 Å². The lowest BCUT2D eigenvalue weighted by Crippen LogP contribution is -2.39. The van der Waals surface area contributed by atoms with E-state index in [1.807, 2.05) is 33.2 Å². The first-order valence-corrected chi connectivity index (χ1v) is 12.2. The fraction of sp³-hybridized carbons (Fsp3) is 0.429. The van der Waals surface area contributed by atoms with E-state index in [9.17, 15) is 4.79 Å². The standard InChI is InChI=1S/C28H37N5O2/c1-18(17-32(5)6)30-28(34)26-23-16-24-22-15-20(35-14-8-13-31(3)4)9-10-25(22)33(7)27(24)19(2)21(23)11-12-29-26/h9-12,15-16,18H,8,13-14,17H2,1-7H3,(H,30,34)/t18-/m1/s1. The van der Waals surface area contributed by atoms with Crippen LogP contribution in [0.4, 0.5) is 0 Å². The first-order valence-electron chi connectivity index (χ1n) is 12.2. The molecule has 186 valence electrons. The summed E-state index contributed by atoms with van der Waals surface area (Å²) in [5, 5.41) is 7.25. The molecule has 0 unspecified atom stereocenters. The summed E-state index contributed by atoms with van der Waals surface area (Å²) >= 11 is 0. The van der Waals surface area contributed by atoms with Crippen LogP contribution in [-0.2, 0) is 7.05 Å². The average Bonchev–Trinajstić information content (AvgIpc) is 3.07. The fourth-order valence-corrected chi connectivity index (χ4v) is 5.00. The second-order valence-electron chi connectivity index (χ2n) is 10.0. The Morgan fingerprint density at radius 2 is 1.83 bits per heavy atom. The maximum absolute atomic E-state index is 13.2. The van der Waals surface area contributed by atoms with Crippen molar-refractivity contribution >= 4 is 38.5 Å². The van der Waals surface area contributed by atoms with Crippen LogP contribution in [0.2, 0.25) is 0 Å². The average molecular weight is 476 g/mol. The van der Waals surface area contributed by atoms with Gasteiger partial charge in [0.25, 0.3) is 5.91 Å². The minimum absolute atomic E-state index is 0.0177. The normalized spacial score (nSPS) is 12.8. The van der Waals surface area contributed by atoms with Crippen LogP contribution in [0.1, 0.15) is 29.4 Å². The number of likely N-dealkylation sites (N-methyl/N-ethyl adjacent to an activating group) is 1. The molecule has 2 aromatic carbocycles. The van der Waals surface area contributed by atoms with Crippen LogP contribution < -0.4 is 10.1 Å². The highest BCUT2D eigenvalue weighted by Crippen LogP contribution is 2.37. The Kier molecular flexibility index (Phi) is 7.28. The summed E-state index contributed by atoms with van der Waals surface area (Å²) in [4.78, 5) is 21.9. The number of hydrogen-bond acceptors (Lipinski definition) is 5. The lowest BCUT2D eigenvalue weighted by Gasteiger charge is -2.18. The summed E-state index contributed by atoms with van der Waals surface area (Å²) < 4.78 is 8.29. The highest BCUT2D eigenvalue weighted by molar-refractivity contribution is 6.17. The van der Waals surface area contributed by atoms with E-state index < -0.39 is 0 Å². The first kappa shape index (κ1) is 24.9. The number of amides is 1. The Morgan fingerprint density at radius 1 is 1.06 bits per heavy atom. The zero-order chi connectivity index (χ0) is 25.3. The number of hydrogen-bond donors (Lipinski definition) is 1. The van der Waals surface area contributed by atoms with Crippen molar-refractivity contribution in [3.8, 4) is 5.75 Å². The molecule has 1 N–H and O–H groups in total. The Balaban J connectivity index is 1.78. The van der Waals surface area contributed by atoms with Gasteiger partial charge in [0, 0.05) is 54.1 Å². The number of pyridine rings is 1. The second-order valence-corrected chi connectivity index (χ2v) is 10.0.